The normalized spacial score (nSPS) is 17.5. The molecule has 3 rings (SSSR count). The van der Waals surface area contributed by atoms with Gasteiger partial charge in [-0.3, -0.25) is 0 Å². The summed E-state index contributed by atoms with van der Waals surface area (Å²) in [7, 11) is 0. The molecule has 0 fully saturated rings. The van der Waals surface area contributed by atoms with Crippen LogP contribution in [0.4, 0.5) is 0 Å². The molecule has 0 saturated heterocycles. The minimum Gasteiger partial charge on any atom is -0.0732 e. The molecule has 0 unspecified atom stereocenters. The topological polar surface area (TPSA) is 0 Å². The van der Waals surface area contributed by atoms with E-state index in [9.17, 15) is 0 Å². The van der Waals surface area contributed by atoms with Crippen molar-refractivity contribution in [3.63, 3.8) is 0 Å². The number of rotatable bonds is 1. The van der Waals surface area contributed by atoms with E-state index < -0.39 is 0 Å². The Morgan fingerprint density at radius 1 is 1.00 bits per heavy atom. The summed E-state index contributed by atoms with van der Waals surface area (Å²) >= 11 is 0. The lowest BCUT2D eigenvalue weighted by Gasteiger charge is -2.12. The Morgan fingerprint density at radius 2 is 1.71 bits per heavy atom. The van der Waals surface area contributed by atoms with E-state index in [0.29, 0.717) is 5.92 Å². The first kappa shape index (κ1) is 10.3. The third-order valence-electron chi connectivity index (χ3n) is 3.46. The van der Waals surface area contributed by atoms with Crippen molar-refractivity contribution in [3.05, 3.63) is 70.2 Å². The van der Waals surface area contributed by atoms with Gasteiger partial charge in [-0.25, -0.2) is 0 Å². The number of hydrogen-bond acceptors (Lipinski definition) is 0. The fraction of sp³-hybridized carbons (Fsp3) is 0.176. The Morgan fingerprint density at radius 3 is 2.41 bits per heavy atom. The fourth-order valence-electron chi connectivity index (χ4n) is 2.64. The van der Waals surface area contributed by atoms with Crippen molar-refractivity contribution in [1.82, 2.24) is 0 Å². The first-order valence-electron chi connectivity index (χ1n) is 6.11. The van der Waals surface area contributed by atoms with Crippen molar-refractivity contribution >= 4 is 11.6 Å². The van der Waals surface area contributed by atoms with Crippen LogP contribution >= 0.6 is 0 Å². The lowest BCUT2D eigenvalue weighted by Crippen LogP contribution is -2.23. The van der Waals surface area contributed by atoms with E-state index in [1.165, 1.54) is 27.2 Å². The van der Waals surface area contributed by atoms with E-state index in [1.54, 1.807) is 0 Å². The monoisotopic (exact) mass is 220 g/mol. The van der Waals surface area contributed by atoms with E-state index in [1.807, 2.05) is 0 Å². The molecule has 0 heterocycles. The minimum absolute atomic E-state index is 0.444. The average molecular weight is 220 g/mol. The van der Waals surface area contributed by atoms with Crippen LogP contribution in [-0.4, -0.2) is 0 Å². The highest BCUT2D eigenvalue weighted by molar-refractivity contribution is 5.85. The van der Waals surface area contributed by atoms with Gasteiger partial charge in [0.1, 0.15) is 0 Å². The second kappa shape index (κ2) is 3.89. The average Bonchev–Trinajstić information content (AvgIpc) is 2.94. The summed E-state index contributed by atoms with van der Waals surface area (Å²) < 4.78 is 0. The summed E-state index contributed by atoms with van der Waals surface area (Å²) in [4.78, 5) is 0. The van der Waals surface area contributed by atoms with Crippen LogP contribution in [0.25, 0.3) is 11.6 Å². The van der Waals surface area contributed by atoms with E-state index in [-0.39, 0.29) is 0 Å². The van der Waals surface area contributed by atoms with Crippen LogP contribution in [0, 0.1) is 5.92 Å². The largest absolute Gasteiger partial charge is 0.0732 e. The van der Waals surface area contributed by atoms with Gasteiger partial charge in [0.2, 0.25) is 0 Å². The molecular formula is C17H16. The molecule has 84 valence electrons. The molecular weight excluding hydrogens is 204 g/mol. The van der Waals surface area contributed by atoms with Crippen molar-refractivity contribution < 1.29 is 0 Å². The van der Waals surface area contributed by atoms with Gasteiger partial charge in [0.05, 0.1) is 0 Å². The molecule has 0 radical (unpaired) electrons. The van der Waals surface area contributed by atoms with Crippen molar-refractivity contribution in [2.45, 2.75) is 13.8 Å². The molecule has 1 aromatic carbocycles. The summed E-state index contributed by atoms with van der Waals surface area (Å²) in [6, 6.07) is 8.68. The maximum absolute atomic E-state index is 2.32. The second-order valence-electron chi connectivity index (χ2n) is 4.85. The lowest BCUT2D eigenvalue weighted by atomic mass is 9.92. The molecule has 0 N–H and O–H groups in total. The predicted molar refractivity (Wildman–Crippen MR) is 73.7 cm³/mol. The zero-order valence-corrected chi connectivity index (χ0v) is 10.3. The van der Waals surface area contributed by atoms with Gasteiger partial charge in [0.15, 0.2) is 0 Å². The Hall–Kier alpha value is -1.82. The van der Waals surface area contributed by atoms with Crippen LogP contribution in [0.3, 0.4) is 0 Å². The van der Waals surface area contributed by atoms with Gasteiger partial charge < -0.3 is 0 Å². The third kappa shape index (κ3) is 1.61. The summed E-state index contributed by atoms with van der Waals surface area (Å²) in [6.07, 6.45) is 11.1. The molecule has 0 heteroatoms. The third-order valence-corrected chi connectivity index (χ3v) is 3.46. The Labute approximate surface area is 102 Å². The molecule has 0 aliphatic heterocycles. The summed E-state index contributed by atoms with van der Waals surface area (Å²) in [6.45, 7) is 4.39. The molecule has 0 spiro atoms. The highest BCUT2D eigenvalue weighted by atomic mass is 14.2. The van der Waals surface area contributed by atoms with Crippen molar-refractivity contribution in [2.24, 2.45) is 5.92 Å². The predicted octanol–water partition coefficient (Wildman–Crippen LogP) is 2.71. The molecule has 0 saturated carbocycles. The maximum atomic E-state index is 2.32. The number of allylic oxidation sites excluding steroid dienone is 6. The van der Waals surface area contributed by atoms with Crippen LogP contribution < -0.4 is 10.4 Å². The van der Waals surface area contributed by atoms with Gasteiger partial charge >= 0.3 is 0 Å². The Kier molecular flexibility index (Phi) is 2.36. The van der Waals surface area contributed by atoms with E-state index in [4.69, 9.17) is 0 Å². The van der Waals surface area contributed by atoms with Gasteiger partial charge in [0, 0.05) is 5.92 Å². The number of hydrogen-bond donors (Lipinski definition) is 0. The lowest BCUT2D eigenvalue weighted by molar-refractivity contribution is 1.10. The summed E-state index contributed by atoms with van der Waals surface area (Å²) in [5.74, 6) is 0.444. The number of benzene rings is 1. The van der Waals surface area contributed by atoms with Gasteiger partial charge in [0.25, 0.3) is 0 Å². The smallest absolute Gasteiger partial charge is 0.0216 e. The standard InChI is InChI=1S/C17H16/c1-12(2)16-11-14-9-5-6-10-15(14)17(16)13-7-3-4-8-13/h3-11,13H,1-2H3. The van der Waals surface area contributed by atoms with Gasteiger partial charge in [-0.2, -0.15) is 0 Å². The van der Waals surface area contributed by atoms with Crippen LogP contribution in [0.15, 0.2) is 59.7 Å². The van der Waals surface area contributed by atoms with Crippen molar-refractivity contribution in [3.8, 4) is 0 Å². The molecule has 0 aromatic heterocycles. The minimum atomic E-state index is 0.444. The maximum Gasteiger partial charge on any atom is 0.0216 e. The zero-order chi connectivity index (χ0) is 11.8. The molecule has 2 aliphatic carbocycles. The summed E-state index contributed by atoms with van der Waals surface area (Å²) in [5.41, 5.74) is 4.27. The van der Waals surface area contributed by atoms with Crippen LogP contribution in [0.1, 0.15) is 13.8 Å². The van der Waals surface area contributed by atoms with Crippen molar-refractivity contribution in [2.75, 3.05) is 0 Å². The second-order valence-corrected chi connectivity index (χ2v) is 4.85. The molecule has 17 heavy (non-hydrogen) atoms. The number of fused-ring (bicyclic) bond motifs is 1. The van der Waals surface area contributed by atoms with E-state index in [0.717, 1.165) is 0 Å². The van der Waals surface area contributed by atoms with Crippen LogP contribution in [0.2, 0.25) is 0 Å². The van der Waals surface area contributed by atoms with Gasteiger partial charge in [-0.1, -0.05) is 54.1 Å². The first-order chi connectivity index (χ1) is 8.27. The SMILES string of the molecule is CC(C)=C1C=c2ccccc2=C1C1C=CC=C1. The molecule has 1 aromatic rings. The van der Waals surface area contributed by atoms with Gasteiger partial charge in [-0.05, 0) is 41.5 Å². The Bertz CT molecular complexity index is 650. The molecule has 0 amide bonds. The molecule has 0 atom stereocenters. The molecule has 2 aliphatic rings. The molecule has 0 bridgehead atoms. The highest BCUT2D eigenvalue weighted by Crippen LogP contribution is 2.30. The fourth-order valence-corrected chi connectivity index (χ4v) is 2.64. The summed E-state index contributed by atoms with van der Waals surface area (Å²) in [5, 5.41) is 2.75. The molecule has 0 nitrogen and oxygen atoms in total. The first-order valence-corrected chi connectivity index (χ1v) is 6.11. The van der Waals surface area contributed by atoms with Crippen LogP contribution in [0.5, 0.6) is 0 Å². The quantitative estimate of drug-likeness (QED) is 0.682. The van der Waals surface area contributed by atoms with Crippen molar-refractivity contribution in [1.29, 1.82) is 0 Å². The zero-order valence-electron chi connectivity index (χ0n) is 10.3. The van der Waals surface area contributed by atoms with E-state index in [2.05, 4.69) is 68.5 Å². The van der Waals surface area contributed by atoms with Gasteiger partial charge in [-0.15, -0.1) is 0 Å². The highest BCUT2D eigenvalue weighted by Gasteiger charge is 2.19. The van der Waals surface area contributed by atoms with Crippen LogP contribution in [-0.2, 0) is 0 Å². The van der Waals surface area contributed by atoms with E-state index >= 15 is 0 Å². The Balaban J connectivity index is 2.35.